The van der Waals surface area contributed by atoms with Crippen LogP contribution in [0.25, 0.3) is 0 Å². The Hall–Kier alpha value is -4.06. The summed E-state index contributed by atoms with van der Waals surface area (Å²) in [5.74, 6) is -0.853. The maximum atomic E-state index is 13.9. The van der Waals surface area contributed by atoms with E-state index in [4.69, 9.17) is 15.2 Å². The molecule has 1 aliphatic heterocycles. The van der Waals surface area contributed by atoms with Gasteiger partial charge in [0.1, 0.15) is 12.1 Å². The molecule has 0 spiro atoms. The number of benzene rings is 2. The number of carbonyl (C=O) groups excluding carboxylic acids is 3. The average molecular weight is 577 g/mol. The van der Waals surface area contributed by atoms with Crippen LogP contribution in [0.3, 0.4) is 0 Å². The summed E-state index contributed by atoms with van der Waals surface area (Å²) in [5.41, 5.74) is 6.49. The number of hydrogen-bond donors (Lipinski definition) is 3. The van der Waals surface area contributed by atoms with Crippen LogP contribution in [0.5, 0.6) is 0 Å². The number of rotatable bonds is 13. The van der Waals surface area contributed by atoms with Crippen molar-refractivity contribution < 1.29 is 23.9 Å². The van der Waals surface area contributed by atoms with Crippen LogP contribution in [0, 0.1) is 0 Å². The maximum Gasteiger partial charge on any atom is 0.250 e. The van der Waals surface area contributed by atoms with Gasteiger partial charge >= 0.3 is 0 Å². The molecule has 2 aromatic carbocycles. The maximum absolute atomic E-state index is 13.9. The van der Waals surface area contributed by atoms with Crippen molar-refractivity contribution in [1.82, 2.24) is 19.8 Å². The zero-order valence-electron chi connectivity index (χ0n) is 24.4. The molecule has 4 rings (SSSR count). The van der Waals surface area contributed by atoms with Crippen LogP contribution >= 0.6 is 0 Å². The van der Waals surface area contributed by atoms with Crippen molar-refractivity contribution >= 4 is 23.5 Å². The summed E-state index contributed by atoms with van der Waals surface area (Å²) in [4.78, 5) is 46.1. The molecule has 1 fully saturated rings. The van der Waals surface area contributed by atoms with Crippen LogP contribution < -0.4 is 16.4 Å². The molecule has 0 radical (unpaired) electrons. The zero-order chi connectivity index (χ0) is 30.1. The summed E-state index contributed by atoms with van der Waals surface area (Å²) < 4.78 is 12.8. The van der Waals surface area contributed by atoms with Crippen LogP contribution in [-0.4, -0.2) is 76.7 Å². The number of nitrogens with zero attached hydrogens (tertiary/aromatic N) is 3. The van der Waals surface area contributed by atoms with Crippen molar-refractivity contribution in [2.24, 2.45) is 5.73 Å². The molecule has 3 atom stereocenters. The topological polar surface area (TPSA) is 141 Å². The standard InChI is InChI=1S/C31H40N6O5/c1-31(2,32)30(40)34-25(20-42-18-22-11-6-4-7-12-22)28(38)35-26-17-36(21-33-26)27(23-13-8-5-9-14-23)29(39)37-16-10-15-24(37)19-41-3/h4-9,11-14,17,21,24-25,27H,10,15-16,18-20,32H2,1-3H3,(H,34,40)(H,35,38). The number of anilines is 1. The number of nitrogens with two attached hydrogens (primary N) is 1. The third kappa shape index (κ3) is 8.03. The van der Waals surface area contributed by atoms with E-state index in [1.54, 1.807) is 31.7 Å². The molecule has 0 bridgehead atoms. The molecule has 3 unspecified atom stereocenters. The summed E-state index contributed by atoms with van der Waals surface area (Å²) in [6, 6.07) is 17.3. The largest absolute Gasteiger partial charge is 0.383 e. The summed E-state index contributed by atoms with van der Waals surface area (Å²) in [6.45, 7) is 4.42. The lowest BCUT2D eigenvalue weighted by atomic mass is 10.0. The van der Waals surface area contributed by atoms with Gasteiger partial charge in [0, 0.05) is 19.9 Å². The summed E-state index contributed by atoms with van der Waals surface area (Å²) in [7, 11) is 1.64. The number of hydrogen-bond acceptors (Lipinski definition) is 7. The number of ether oxygens (including phenoxy) is 2. The smallest absolute Gasteiger partial charge is 0.250 e. The van der Waals surface area contributed by atoms with E-state index in [9.17, 15) is 14.4 Å². The van der Waals surface area contributed by atoms with Gasteiger partial charge in [-0.25, -0.2) is 4.98 Å². The van der Waals surface area contributed by atoms with Crippen LogP contribution in [0.2, 0.25) is 0 Å². The first-order valence-corrected chi connectivity index (χ1v) is 14.1. The van der Waals surface area contributed by atoms with E-state index >= 15 is 0 Å². The lowest BCUT2D eigenvalue weighted by Crippen LogP contribution is -2.56. The first-order chi connectivity index (χ1) is 20.2. The number of methoxy groups -OCH3 is 1. The molecule has 11 heteroatoms. The molecular weight excluding hydrogens is 536 g/mol. The Morgan fingerprint density at radius 1 is 1.10 bits per heavy atom. The molecule has 42 heavy (non-hydrogen) atoms. The number of carbonyl (C=O) groups is 3. The zero-order valence-corrected chi connectivity index (χ0v) is 24.4. The number of nitrogens with one attached hydrogen (secondary N) is 2. The molecule has 1 aromatic heterocycles. The SMILES string of the molecule is COCC1CCCN1C(=O)C(c1ccccc1)n1cnc(NC(=O)C(COCc2ccccc2)NC(=O)C(C)(C)N)c1. The Balaban J connectivity index is 1.51. The van der Waals surface area contributed by atoms with Crippen molar-refractivity contribution in [3.63, 3.8) is 0 Å². The van der Waals surface area contributed by atoms with Gasteiger partial charge in [-0.05, 0) is 37.8 Å². The number of aromatic nitrogens is 2. The number of amides is 3. The first-order valence-electron chi connectivity index (χ1n) is 14.1. The van der Waals surface area contributed by atoms with Gasteiger partial charge in [0.2, 0.25) is 5.91 Å². The van der Waals surface area contributed by atoms with E-state index in [1.807, 2.05) is 65.6 Å². The van der Waals surface area contributed by atoms with Crippen LogP contribution in [0.1, 0.15) is 43.9 Å². The van der Waals surface area contributed by atoms with Crippen molar-refractivity contribution in [2.45, 2.75) is 57.0 Å². The molecule has 2 heterocycles. The number of likely N-dealkylation sites (tertiary alicyclic amines) is 1. The van der Waals surface area contributed by atoms with Crippen molar-refractivity contribution in [3.8, 4) is 0 Å². The van der Waals surface area contributed by atoms with Crippen LogP contribution in [0.15, 0.2) is 73.2 Å². The van der Waals surface area contributed by atoms with Gasteiger partial charge < -0.3 is 35.3 Å². The predicted octanol–water partition coefficient (Wildman–Crippen LogP) is 2.49. The fraction of sp³-hybridized carbons (Fsp3) is 0.419. The van der Waals surface area contributed by atoms with Gasteiger partial charge in [-0.15, -0.1) is 0 Å². The van der Waals surface area contributed by atoms with Crippen LogP contribution in [0.4, 0.5) is 5.82 Å². The molecule has 11 nitrogen and oxygen atoms in total. The molecule has 3 amide bonds. The summed E-state index contributed by atoms with van der Waals surface area (Å²) >= 11 is 0. The van der Waals surface area contributed by atoms with E-state index < -0.39 is 29.4 Å². The second-order valence-electron chi connectivity index (χ2n) is 11.0. The minimum atomic E-state index is -1.20. The molecular formula is C31H40N6O5. The Kier molecular flexibility index (Phi) is 10.5. The Labute approximate surface area is 246 Å². The highest BCUT2D eigenvalue weighted by Crippen LogP contribution is 2.27. The Morgan fingerprint density at radius 2 is 1.79 bits per heavy atom. The van der Waals surface area contributed by atoms with E-state index in [0.29, 0.717) is 13.2 Å². The summed E-state index contributed by atoms with van der Waals surface area (Å²) in [5, 5.41) is 5.44. The van der Waals surface area contributed by atoms with Gasteiger partial charge in [-0.3, -0.25) is 14.4 Å². The Bertz CT molecular complexity index is 1320. The van der Waals surface area contributed by atoms with Gasteiger partial charge in [-0.1, -0.05) is 60.7 Å². The second-order valence-corrected chi connectivity index (χ2v) is 11.0. The lowest BCUT2D eigenvalue weighted by Gasteiger charge is -2.29. The molecule has 1 saturated heterocycles. The second kappa shape index (κ2) is 14.2. The molecule has 4 N–H and O–H groups in total. The highest BCUT2D eigenvalue weighted by Gasteiger charge is 2.35. The predicted molar refractivity (Wildman–Crippen MR) is 158 cm³/mol. The minimum Gasteiger partial charge on any atom is -0.383 e. The van der Waals surface area contributed by atoms with Gasteiger partial charge in [-0.2, -0.15) is 0 Å². The van der Waals surface area contributed by atoms with Gasteiger partial charge in [0.05, 0.1) is 37.7 Å². The fourth-order valence-electron chi connectivity index (χ4n) is 4.88. The van der Waals surface area contributed by atoms with Gasteiger partial charge in [0.15, 0.2) is 5.82 Å². The van der Waals surface area contributed by atoms with E-state index in [0.717, 1.165) is 24.0 Å². The minimum absolute atomic E-state index is 0.00320. The molecule has 0 aliphatic carbocycles. The van der Waals surface area contributed by atoms with E-state index in [2.05, 4.69) is 15.6 Å². The van der Waals surface area contributed by atoms with Gasteiger partial charge in [0.25, 0.3) is 11.8 Å². The quantitative estimate of drug-likeness (QED) is 0.284. The fourth-order valence-corrected chi connectivity index (χ4v) is 4.88. The Morgan fingerprint density at radius 3 is 2.45 bits per heavy atom. The molecule has 0 saturated carbocycles. The summed E-state index contributed by atoms with van der Waals surface area (Å²) in [6.07, 6.45) is 4.93. The van der Waals surface area contributed by atoms with E-state index in [-0.39, 0.29) is 31.0 Å². The molecule has 224 valence electrons. The van der Waals surface area contributed by atoms with Crippen molar-refractivity contribution in [3.05, 3.63) is 84.3 Å². The monoisotopic (exact) mass is 576 g/mol. The number of imidazole rings is 1. The third-order valence-corrected chi connectivity index (χ3v) is 7.12. The highest BCUT2D eigenvalue weighted by molar-refractivity contribution is 5.98. The average Bonchev–Trinajstić information content (AvgIpc) is 3.63. The molecule has 3 aromatic rings. The third-order valence-electron chi connectivity index (χ3n) is 7.12. The molecule has 1 aliphatic rings. The van der Waals surface area contributed by atoms with Crippen molar-refractivity contribution in [2.75, 3.05) is 32.2 Å². The highest BCUT2D eigenvalue weighted by atomic mass is 16.5. The van der Waals surface area contributed by atoms with Crippen LogP contribution in [-0.2, 0) is 30.5 Å². The normalized spacial score (nSPS) is 16.6. The van der Waals surface area contributed by atoms with Crippen molar-refractivity contribution in [1.29, 1.82) is 0 Å². The lowest BCUT2D eigenvalue weighted by molar-refractivity contribution is -0.135. The van der Waals surface area contributed by atoms with E-state index in [1.165, 1.54) is 6.33 Å². The first kappa shape index (κ1) is 30.9.